The molecule has 1 atom stereocenters. The minimum atomic E-state index is 0.138. The summed E-state index contributed by atoms with van der Waals surface area (Å²) in [6.07, 6.45) is 8.18. The number of rotatable bonds is 3. The Hall–Kier alpha value is -1.44. The van der Waals surface area contributed by atoms with Crippen molar-refractivity contribution in [2.45, 2.75) is 57.8 Å². The molecule has 3 aliphatic rings. The number of carbonyl (C=O) groups is 2. The number of nitrogens with zero attached hydrogens (tertiary/aromatic N) is 3. The van der Waals surface area contributed by atoms with Crippen LogP contribution in [0, 0.1) is 11.8 Å². The summed E-state index contributed by atoms with van der Waals surface area (Å²) in [6.45, 7) is 4.76. The topological polar surface area (TPSA) is 53.5 Å². The molecule has 2 saturated heterocycles. The highest BCUT2D eigenvalue weighted by atomic mass is 79.9. The molecule has 0 N–H and O–H groups in total. The van der Waals surface area contributed by atoms with Crippen LogP contribution in [0.4, 0.5) is 0 Å². The fourth-order valence-electron chi connectivity index (χ4n) is 6.34. The molecule has 5 rings (SSSR count). The second-order valence-electron chi connectivity index (χ2n) is 10.5. The van der Waals surface area contributed by atoms with Crippen LogP contribution in [0.5, 0.6) is 0 Å². The molecule has 0 radical (unpaired) electrons. The van der Waals surface area contributed by atoms with Gasteiger partial charge in [0.05, 0.1) is 5.69 Å². The van der Waals surface area contributed by atoms with E-state index in [-0.39, 0.29) is 17.7 Å². The molecule has 5 nitrogen and oxygen atoms in total. The van der Waals surface area contributed by atoms with Gasteiger partial charge < -0.3 is 9.80 Å². The van der Waals surface area contributed by atoms with Crippen LogP contribution in [0.25, 0.3) is 0 Å². The zero-order valence-corrected chi connectivity index (χ0v) is 24.5. The number of fused-ring (bicyclic) bond motifs is 2. The van der Waals surface area contributed by atoms with E-state index in [4.69, 9.17) is 16.6 Å². The van der Waals surface area contributed by atoms with Crippen LogP contribution in [0.3, 0.4) is 0 Å². The Labute approximate surface area is 235 Å². The standard InChI is InChI=1S/C28H32Br2ClN3O2/c1-17(35)33-8-4-18(5-9-33)12-25(36)34-10-6-19(7-11-34)27-26-20(14-23(31)15-24(26)30)2-3-21-13-22(29)16-32-28(21)27/h13-16,18-19,27H,2-12H2,1H3/t27-/m1/s1. The average molecular weight is 638 g/mol. The monoisotopic (exact) mass is 635 g/mol. The predicted molar refractivity (Wildman–Crippen MR) is 149 cm³/mol. The van der Waals surface area contributed by atoms with Gasteiger partial charge in [0, 0.05) is 65.6 Å². The van der Waals surface area contributed by atoms with Crippen molar-refractivity contribution < 1.29 is 9.59 Å². The van der Waals surface area contributed by atoms with E-state index in [2.05, 4.69) is 48.9 Å². The summed E-state index contributed by atoms with van der Waals surface area (Å²) >= 11 is 13.9. The van der Waals surface area contributed by atoms with Crippen molar-refractivity contribution in [2.75, 3.05) is 26.2 Å². The Bertz CT molecular complexity index is 1160. The minimum absolute atomic E-state index is 0.138. The lowest BCUT2D eigenvalue weighted by molar-refractivity contribution is -0.134. The quantitative estimate of drug-likeness (QED) is 0.393. The lowest BCUT2D eigenvalue weighted by atomic mass is 9.76. The molecular weight excluding hydrogens is 606 g/mol. The van der Waals surface area contributed by atoms with Gasteiger partial charge in [-0.3, -0.25) is 14.6 Å². The molecule has 192 valence electrons. The highest BCUT2D eigenvalue weighted by Crippen LogP contribution is 2.46. The molecule has 3 heterocycles. The van der Waals surface area contributed by atoms with Gasteiger partial charge in [0.2, 0.25) is 11.8 Å². The lowest BCUT2D eigenvalue weighted by Crippen LogP contribution is -2.42. The maximum absolute atomic E-state index is 13.2. The third-order valence-corrected chi connectivity index (χ3v) is 9.61. The summed E-state index contributed by atoms with van der Waals surface area (Å²) < 4.78 is 2.07. The van der Waals surface area contributed by atoms with Gasteiger partial charge in [0.25, 0.3) is 0 Å². The fourth-order valence-corrected chi connectivity index (χ4v) is 7.84. The number of amides is 2. The Morgan fingerprint density at radius 1 is 0.972 bits per heavy atom. The predicted octanol–water partition coefficient (Wildman–Crippen LogP) is 6.38. The molecule has 2 fully saturated rings. The van der Waals surface area contributed by atoms with Gasteiger partial charge >= 0.3 is 0 Å². The SMILES string of the molecule is CC(=O)N1CCC(CC(=O)N2CCC([C@H]3c4ncc(Br)cc4CCc4cc(Cl)cc(Br)c43)CC2)CC1. The molecule has 0 unspecified atom stereocenters. The van der Waals surface area contributed by atoms with Crippen LogP contribution >= 0.6 is 43.5 Å². The first kappa shape index (κ1) is 26.2. The average Bonchev–Trinajstić information content (AvgIpc) is 3.01. The normalized spacial score (nSPS) is 21.1. The van der Waals surface area contributed by atoms with E-state index in [0.717, 1.165) is 78.7 Å². The number of pyridine rings is 1. The van der Waals surface area contributed by atoms with E-state index in [0.29, 0.717) is 18.3 Å². The zero-order chi connectivity index (χ0) is 25.4. The molecule has 1 aliphatic carbocycles. The van der Waals surface area contributed by atoms with Crippen LogP contribution < -0.4 is 0 Å². The third kappa shape index (κ3) is 5.53. The zero-order valence-electron chi connectivity index (χ0n) is 20.6. The summed E-state index contributed by atoms with van der Waals surface area (Å²) in [5.41, 5.74) is 5.07. The summed E-state index contributed by atoms with van der Waals surface area (Å²) in [7, 11) is 0. The van der Waals surface area contributed by atoms with E-state index >= 15 is 0 Å². The van der Waals surface area contributed by atoms with Gasteiger partial charge in [-0.05, 0) is 101 Å². The molecule has 2 amide bonds. The smallest absolute Gasteiger partial charge is 0.222 e. The van der Waals surface area contributed by atoms with Crippen molar-refractivity contribution in [3.63, 3.8) is 0 Å². The van der Waals surface area contributed by atoms with E-state index in [1.165, 1.54) is 22.4 Å². The highest BCUT2D eigenvalue weighted by molar-refractivity contribution is 9.10. The number of hydrogen-bond acceptors (Lipinski definition) is 3. The van der Waals surface area contributed by atoms with Crippen LogP contribution in [-0.2, 0) is 22.4 Å². The maximum Gasteiger partial charge on any atom is 0.222 e. The van der Waals surface area contributed by atoms with Gasteiger partial charge in [0.1, 0.15) is 0 Å². The van der Waals surface area contributed by atoms with Crippen LogP contribution in [0.2, 0.25) is 5.02 Å². The number of piperidine rings is 2. The molecule has 2 aliphatic heterocycles. The highest BCUT2D eigenvalue weighted by Gasteiger charge is 2.36. The van der Waals surface area contributed by atoms with Crippen molar-refractivity contribution in [2.24, 2.45) is 11.8 Å². The third-order valence-electron chi connectivity index (χ3n) is 8.30. The first-order valence-corrected chi connectivity index (χ1v) is 14.9. The van der Waals surface area contributed by atoms with Gasteiger partial charge in [-0.1, -0.05) is 27.5 Å². The van der Waals surface area contributed by atoms with Gasteiger partial charge in [-0.15, -0.1) is 0 Å². The summed E-state index contributed by atoms with van der Waals surface area (Å²) in [5.74, 6) is 1.39. The van der Waals surface area contributed by atoms with Crippen molar-refractivity contribution in [3.8, 4) is 0 Å². The van der Waals surface area contributed by atoms with Crippen LogP contribution in [-0.4, -0.2) is 52.8 Å². The molecule has 36 heavy (non-hydrogen) atoms. The number of halogens is 3. The summed E-state index contributed by atoms with van der Waals surface area (Å²) in [4.78, 5) is 33.7. The summed E-state index contributed by atoms with van der Waals surface area (Å²) in [5, 5.41) is 0.758. The molecule has 2 aromatic rings. The van der Waals surface area contributed by atoms with Crippen molar-refractivity contribution in [1.82, 2.24) is 14.8 Å². The molecule has 0 saturated carbocycles. The summed E-state index contributed by atoms with van der Waals surface area (Å²) in [6, 6.07) is 6.34. The van der Waals surface area contributed by atoms with E-state index in [1.807, 2.05) is 17.2 Å². The molecule has 1 aromatic heterocycles. The number of likely N-dealkylation sites (tertiary alicyclic amines) is 2. The molecular formula is C28H32Br2ClN3O2. The Kier molecular flexibility index (Phi) is 8.09. The second kappa shape index (κ2) is 11.1. The number of aryl methyl sites for hydroxylation is 2. The largest absolute Gasteiger partial charge is 0.343 e. The molecule has 0 spiro atoms. The number of benzene rings is 1. The van der Waals surface area contributed by atoms with Crippen LogP contribution in [0.1, 0.15) is 67.3 Å². The van der Waals surface area contributed by atoms with Crippen molar-refractivity contribution in [3.05, 3.63) is 60.7 Å². The number of aromatic nitrogens is 1. The number of carbonyl (C=O) groups excluding carboxylic acids is 2. The lowest BCUT2D eigenvalue weighted by Gasteiger charge is -2.38. The maximum atomic E-state index is 13.2. The first-order valence-electron chi connectivity index (χ1n) is 13.0. The minimum Gasteiger partial charge on any atom is -0.343 e. The number of hydrogen-bond donors (Lipinski definition) is 0. The van der Waals surface area contributed by atoms with E-state index in [1.54, 1.807) is 6.92 Å². The van der Waals surface area contributed by atoms with E-state index < -0.39 is 0 Å². The Morgan fingerprint density at radius 2 is 1.64 bits per heavy atom. The molecule has 8 heteroatoms. The van der Waals surface area contributed by atoms with Crippen molar-refractivity contribution >= 4 is 55.3 Å². The molecule has 0 bridgehead atoms. The van der Waals surface area contributed by atoms with Gasteiger partial charge in [-0.25, -0.2) is 0 Å². The van der Waals surface area contributed by atoms with Gasteiger partial charge in [-0.2, -0.15) is 0 Å². The first-order chi connectivity index (χ1) is 17.3. The molecule has 1 aromatic carbocycles. The Morgan fingerprint density at radius 3 is 2.33 bits per heavy atom. The fraction of sp³-hybridized carbons (Fsp3) is 0.536. The van der Waals surface area contributed by atoms with Crippen LogP contribution in [0.15, 0.2) is 33.3 Å². The Balaban J connectivity index is 1.31. The second-order valence-corrected chi connectivity index (χ2v) is 12.7. The van der Waals surface area contributed by atoms with Crippen molar-refractivity contribution in [1.29, 1.82) is 0 Å². The van der Waals surface area contributed by atoms with Gasteiger partial charge in [0.15, 0.2) is 0 Å². The van der Waals surface area contributed by atoms with E-state index in [9.17, 15) is 9.59 Å².